The average Bonchev–Trinajstić information content (AvgIpc) is 3.39. The van der Waals surface area contributed by atoms with Gasteiger partial charge in [0, 0.05) is 16.1 Å². The number of Topliss-reactive ketones (excluding diaryl/α,β-unsaturated/α-hetero) is 1. The van der Waals surface area contributed by atoms with Crippen molar-refractivity contribution in [1.82, 2.24) is 14.8 Å². The fourth-order valence-electron chi connectivity index (χ4n) is 4.01. The molecular formula is C31H24ClN3O3. The third-order valence-electron chi connectivity index (χ3n) is 6.26. The summed E-state index contributed by atoms with van der Waals surface area (Å²) in [5.41, 5.74) is 6.13. The van der Waals surface area contributed by atoms with Crippen molar-refractivity contribution in [1.29, 1.82) is 0 Å². The lowest BCUT2D eigenvalue weighted by Gasteiger charge is -2.08. The van der Waals surface area contributed by atoms with E-state index in [4.69, 9.17) is 16.3 Å². The van der Waals surface area contributed by atoms with E-state index in [1.54, 1.807) is 35.0 Å². The summed E-state index contributed by atoms with van der Waals surface area (Å²) in [4.78, 5) is 30.1. The molecule has 0 aliphatic carbocycles. The Labute approximate surface area is 225 Å². The van der Waals surface area contributed by atoms with E-state index < -0.39 is 12.6 Å². The zero-order valence-corrected chi connectivity index (χ0v) is 21.6. The van der Waals surface area contributed by atoms with E-state index in [2.05, 4.69) is 10.1 Å². The number of aryl methyl sites for hydroxylation is 2. The molecule has 0 bridgehead atoms. The van der Waals surface area contributed by atoms with Crippen LogP contribution in [-0.4, -0.2) is 33.1 Å². The average molecular weight is 522 g/mol. The van der Waals surface area contributed by atoms with E-state index in [-0.39, 0.29) is 11.6 Å². The van der Waals surface area contributed by atoms with Crippen molar-refractivity contribution >= 4 is 23.4 Å². The second kappa shape index (κ2) is 10.8. The number of nitrogens with zero attached hydrogens (tertiary/aromatic N) is 3. The van der Waals surface area contributed by atoms with Gasteiger partial charge >= 0.3 is 5.97 Å². The van der Waals surface area contributed by atoms with Crippen LogP contribution in [0, 0.1) is 13.8 Å². The molecule has 0 N–H and O–H groups in total. The summed E-state index contributed by atoms with van der Waals surface area (Å²) in [6.45, 7) is 3.60. The highest BCUT2D eigenvalue weighted by atomic mass is 35.5. The molecule has 1 aromatic heterocycles. The molecule has 0 spiro atoms. The van der Waals surface area contributed by atoms with E-state index in [1.165, 1.54) is 0 Å². The first kappa shape index (κ1) is 25.1. The molecule has 6 nitrogen and oxygen atoms in total. The van der Waals surface area contributed by atoms with Crippen LogP contribution in [0.25, 0.3) is 28.2 Å². The van der Waals surface area contributed by atoms with E-state index in [1.807, 2.05) is 80.6 Å². The molecular weight excluding hydrogens is 498 g/mol. The van der Waals surface area contributed by atoms with E-state index in [0.29, 0.717) is 22.0 Å². The molecule has 0 aliphatic heterocycles. The topological polar surface area (TPSA) is 74.1 Å². The van der Waals surface area contributed by atoms with Gasteiger partial charge in [0.1, 0.15) is 0 Å². The molecule has 0 radical (unpaired) electrons. The van der Waals surface area contributed by atoms with Crippen LogP contribution in [0.3, 0.4) is 0 Å². The van der Waals surface area contributed by atoms with E-state index in [0.717, 1.165) is 27.9 Å². The van der Waals surface area contributed by atoms with Crippen LogP contribution in [0.15, 0.2) is 97.1 Å². The highest BCUT2D eigenvalue weighted by Crippen LogP contribution is 2.25. The van der Waals surface area contributed by atoms with Gasteiger partial charge < -0.3 is 4.74 Å². The number of carbonyl (C=O) groups excluding carboxylic acids is 2. The van der Waals surface area contributed by atoms with Crippen LogP contribution in [0.1, 0.15) is 32.1 Å². The molecule has 0 amide bonds. The lowest BCUT2D eigenvalue weighted by atomic mass is 10.0. The van der Waals surface area contributed by atoms with Gasteiger partial charge in [0.25, 0.3) is 5.82 Å². The molecule has 38 heavy (non-hydrogen) atoms. The third-order valence-corrected chi connectivity index (χ3v) is 6.49. The number of ketones is 1. The molecule has 0 fully saturated rings. The second-order valence-corrected chi connectivity index (χ2v) is 9.33. The predicted octanol–water partition coefficient (Wildman–Crippen LogP) is 6.91. The molecule has 0 atom stereocenters. The summed E-state index contributed by atoms with van der Waals surface area (Å²) in [6.07, 6.45) is 0. The van der Waals surface area contributed by atoms with Crippen LogP contribution in [0.4, 0.5) is 0 Å². The third kappa shape index (κ3) is 5.41. The number of hydrogen-bond acceptors (Lipinski definition) is 5. The first-order chi connectivity index (χ1) is 18.4. The molecule has 0 saturated heterocycles. The van der Waals surface area contributed by atoms with Gasteiger partial charge in [-0.2, -0.15) is 0 Å². The molecule has 1 heterocycles. The fraction of sp³-hybridized carbons (Fsp3) is 0.0968. The maximum Gasteiger partial charge on any atom is 0.378 e. The SMILES string of the molecule is Cc1ccc(-n2nc(C(=O)OCC(=O)c3ccc(-c4ccccc4)cc3)nc2-c2cccc(Cl)c2)cc1C. The van der Waals surface area contributed by atoms with Gasteiger partial charge in [0.15, 0.2) is 18.2 Å². The van der Waals surface area contributed by atoms with Crippen molar-refractivity contribution in [3.05, 3.63) is 125 Å². The molecule has 5 aromatic rings. The summed E-state index contributed by atoms with van der Waals surface area (Å²) in [7, 11) is 0. The molecule has 0 aliphatic rings. The number of halogens is 1. The molecule has 0 saturated carbocycles. The normalized spacial score (nSPS) is 10.8. The van der Waals surface area contributed by atoms with E-state index >= 15 is 0 Å². The Morgan fingerprint density at radius 2 is 1.50 bits per heavy atom. The smallest absolute Gasteiger partial charge is 0.378 e. The van der Waals surface area contributed by atoms with Crippen molar-refractivity contribution in [3.63, 3.8) is 0 Å². The largest absolute Gasteiger partial charge is 0.451 e. The maximum absolute atomic E-state index is 12.9. The van der Waals surface area contributed by atoms with Crippen molar-refractivity contribution in [2.24, 2.45) is 0 Å². The lowest BCUT2D eigenvalue weighted by molar-refractivity contribution is 0.0462. The van der Waals surface area contributed by atoms with Crippen molar-refractivity contribution < 1.29 is 14.3 Å². The van der Waals surface area contributed by atoms with Crippen LogP contribution in [-0.2, 0) is 4.74 Å². The van der Waals surface area contributed by atoms with Gasteiger partial charge in [-0.25, -0.2) is 14.5 Å². The Balaban J connectivity index is 1.36. The minimum atomic E-state index is -0.787. The zero-order valence-electron chi connectivity index (χ0n) is 20.9. The molecule has 0 unspecified atom stereocenters. The number of benzene rings is 4. The lowest BCUT2D eigenvalue weighted by Crippen LogP contribution is -2.15. The monoisotopic (exact) mass is 521 g/mol. The first-order valence-corrected chi connectivity index (χ1v) is 12.4. The number of ether oxygens (including phenoxy) is 1. The summed E-state index contributed by atoms with van der Waals surface area (Å²) >= 11 is 6.21. The fourth-order valence-corrected chi connectivity index (χ4v) is 4.20. The summed E-state index contributed by atoms with van der Waals surface area (Å²) < 4.78 is 6.90. The Kier molecular flexibility index (Phi) is 7.15. The minimum absolute atomic E-state index is 0.148. The van der Waals surface area contributed by atoms with Crippen molar-refractivity contribution in [3.8, 4) is 28.2 Å². The summed E-state index contributed by atoms with van der Waals surface area (Å²) in [5.74, 6) is -0.817. The van der Waals surface area contributed by atoms with Crippen LogP contribution >= 0.6 is 11.6 Å². The quantitative estimate of drug-likeness (QED) is 0.172. The van der Waals surface area contributed by atoms with Crippen molar-refractivity contribution in [2.45, 2.75) is 13.8 Å². The number of rotatable bonds is 7. The van der Waals surface area contributed by atoms with E-state index in [9.17, 15) is 9.59 Å². The standard InChI is InChI=1S/C31H24ClN3O3/c1-20-11-16-27(17-21(20)2)35-30(25-9-6-10-26(32)18-25)33-29(34-35)31(37)38-19-28(36)24-14-12-23(13-15-24)22-7-4-3-5-8-22/h3-18H,19H2,1-2H3. The van der Waals surface area contributed by atoms with Crippen molar-refractivity contribution in [2.75, 3.05) is 6.61 Å². The number of aromatic nitrogens is 3. The zero-order chi connectivity index (χ0) is 26.6. The molecule has 4 aromatic carbocycles. The second-order valence-electron chi connectivity index (χ2n) is 8.89. The highest BCUT2D eigenvalue weighted by Gasteiger charge is 2.21. The van der Waals surface area contributed by atoms with Crippen LogP contribution in [0.5, 0.6) is 0 Å². The van der Waals surface area contributed by atoms with Gasteiger partial charge in [0.05, 0.1) is 5.69 Å². The molecule has 5 rings (SSSR count). The Bertz CT molecular complexity index is 1630. The van der Waals surface area contributed by atoms with Gasteiger partial charge in [-0.3, -0.25) is 4.79 Å². The maximum atomic E-state index is 12.9. The Morgan fingerprint density at radius 3 is 2.21 bits per heavy atom. The number of esters is 1. The van der Waals surface area contributed by atoms with Gasteiger partial charge in [-0.15, -0.1) is 5.10 Å². The minimum Gasteiger partial charge on any atom is -0.451 e. The van der Waals surface area contributed by atoms with Crippen LogP contribution in [0.2, 0.25) is 5.02 Å². The van der Waals surface area contributed by atoms with Gasteiger partial charge in [-0.1, -0.05) is 84.4 Å². The molecule has 7 heteroatoms. The highest BCUT2D eigenvalue weighted by molar-refractivity contribution is 6.30. The molecule has 188 valence electrons. The van der Waals surface area contributed by atoms with Crippen LogP contribution < -0.4 is 0 Å². The summed E-state index contributed by atoms with van der Waals surface area (Å²) in [5, 5.41) is 4.96. The predicted molar refractivity (Wildman–Crippen MR) is 148 cm³/mol. The first-order valence-electron chi connectivity index (χ1n) is 12.1. The summed E-state index contributed by atoms with van der Waals surface area (Å²) in [6, 6.07) is 30.1. The van der Waals surface area contributed by atoms with Gasteiger partial charge in [-0.05, 0) is 60.4 Å². The number of carbonyl (C=O) groups is 2. The Morgan fingerprint density at radius 1 is 0.789 bits per heavy atom. The Hall–Kier alpha value is -4.55. The van der Waals surface area contributed by atoms with Gasteiger partial charge in [0.2, 0.25) is 0 Å². The number of hydrogen-bond donors (Lipinski definition) is 0.